The Morgan fingerprint density at radius 2 is 2.00 bits per heavy atom. The molecule has 26 heavy (non-hydrogen) atoms. The number of amides is 1. The zero-order valence-corrected chi connectivity index (χ0v) is 17.1. The normalized spacial score (nSPS) is 29.1. The van der Waals surface area contributed by atoms with Crippen LogP contribution in [0.2, 0.25) is 0 Å². The van der Waals surface area contributed by atoms with Gasteiger partial charge < -0.3 is 16.0 Å². The van der Waals surface area contributed by atoms with Crippen molar-refractivity contribution in [3.63, 3.8) is 0 Å². The van der Waals surface area contributed by atoms with Gasteiger partial charge in [0.2, 0.25) is 5.91 Å². The molecule has 1 amide bonds. The SMILES string of the molecule is CN=C(NCCC(=O)NC1CCS(=O)(=O)C1)NC1CN(C(C)C)CC1C. The molecule has 9 heteroatoms. The van der Waals surface area contributed by atoms with Crippen molar-refractivity contribution in [2.75, 3.05) is 38.2 Å². The number of rotatable bonds is 6. The van der Waals surface area contributed by atoms with E-state index in [2.05, 4.69) is 46.6 Å². The molecule has 2 saturated heterocycles. The Labute approximate surface area is 157 Å². The Morgan fingerprint density at radius 1 is 1.27 bits per heavy atom. The first kappa shape index (κ1) is 21.0. The highest BCUT2D eigenvalue weighted by Crippen LogP contribution is 2.18. The van der Waals surface area contributed by atoms with Gasteiger partial charge in [0, 0.05) is 51.2 Å². The molecule has 0 radical (unpaired) electrons. The van der Waals surface area contributed by atoms with E-state index in [1.54, 1.807) is 7.05 Å². The number of nitrogens with one attached hydrogen (secondary N) is 3. The van der Waals surface area contributed by atoms with E-state index in [1.807, 2.05) is 0 Å². The molecule has 2 aliphatic heterocycles. The van der Waals surface area contributed by atoms with Crippen LogP contribution in [0.15, 0.2) is 4.99 Å². The summed E-state index contributed by atoms with van der Waals surface area (Å²) >= 11 is 0. The van der Waals surface area contributed by atoms with E-state index in [1.165, 1.54) is 0 Å². The average Bonchev–Trinajstić information content (AvgIpc) is 3.08. The largest absolute Gasteiger partial charge is 0.356 e. The van der Waals surface area contributed by atoms with E-state index in [0.29, 0.717) is 36.9 Å². The number of nitrogens with zero attached hydrogens (tertiary/aromatic N) is 2. The number of sulfone groups is 1. The van der Waals surface area contributed by atoms with Crippen LogP contribution in [0.1, 0.15) is 33.6 Å². The lowest BCUT2D eigenvalue weighted by Crippen LogP contribution is -2.47. The molecule has 2 fully saturated rings. The molecule has 2 aliphatic rings. The molecule has 0 aromatic heterocycles. The van der Waals surface area contributed by atoms with Crippen molar-refractivity contribution in [2.45, 2.75) is 51.7 Å². The first-order valence-electron chi connectivity index (χ1n) is 9.41. The molecule has 2 heterocycles. The van der Waals surface area contributed by atoms with Gasteiger partial charge in [-0.05, 0) is 26.2 Å². The Balaban J connectivity index is 1.70. The Kier molecular flexibility index (Phi) is 7.28. The number of likely N-dealkylation sites (tertiary alicyclic amines) is 1. The number of aliphatic imine (C=N–C) groups is 1. The van der Waals surface area contributed by atoms with Gasteiger partial charge >= 0.3 is 0 Å². The van der Waals surface area contributed by atoms with E-state index >= 15 is 0 Å². The van der Waals surface area contributed by atoms with Crippen molar-refractivity contribution in [2.24, 2.45) is 10.9 Å². The molecule has 0 bridgehead atoms. The second-order valence-electron chi connectivity index (χ2n) is 7.69. The van der Waals surface area contributed by atoms with E-state index in [9.17, 15) is 13.2 Å². The fourth-order valence-electron chi connectivity index (χ4n) is 3.49. The minimum atomic E-state index is -2.97. The summed E-state index contributed by atoms with van der Waals surface area (Å²) in [6.45, 7) is 9.15. The van der Waals surface area contributed by atoms with Crippen LogP contribution in [0.5, 0.6) is 0 Å². The molecule has 3 N–H and O–H groups in total. The van der Waals surface area contributed by atoms with E-state index in [-0.39, 0.29) is 29.9 Å². The van der Waals surface area contributed by atoms with Crippen LogP contribution in [0.25, 0.3) is 0 Å². The fraction of sp³-hybridized carbons (Fsp3) is 0.882. The molecular formula is C17H33N5O3S. The lowest BCUT2D eigenvalue weighted by molar-refractivity contribution is -0.121. The molecule has 0 aliphatic carbocycles. The highest BCUT2D eigenvalue weighted by Gasteiger charge is 2.31. The molecular weight excluding hydrogens is 354 g/mol. The van der Waals surface area contributed by atoms with Crippen LogP contribution in [0.4, 0.5) is 0 Å². The van der Waals surface area contributed by atoms with Crippen LogP contribution in [-0.2, 0) is 14.6 Å². The van der Waals surface area contributed by atoms with Gasteiger partial charge in [-0.25, -0.2) is 8.42 Å². The standard InChI is InChI=1S/C17H33N5O3S/c1-12(2)22-9-13(3)15(10-22)21-17(18-4)19-7-5-16(23)20-14-6-8-26(24,25)11-14/h12-15H,5-11H2,1-4H3,(H,20,23)(H2,18,19,21). The second-order valence-corrected chi connectivity index (χ2v) is 9.92. The minimum Gasteiger partial charge on any atom is -0.356 e. The van der Waals surface area contributed by atoms with Crippen molar-refractivity contribution < 1.29 is 13.2 Å². The van der Waals surface area contributed by atoms with Crippen molar-refractivity contribution in [1.82, 2.24) is 20.9 Å². The molecule has 0 spiro atoms. The average molecular weight is 388 g/mol. The number of hydrogen-bond donors (Lipinski definition) is 3. The van der Waals surface area contributed by atoms with Crippen LogP contribution in [0, 0.1) is 5.92 Å². The monoisotopic (exact) mass is 387 g/mol. The third kappa shape index (κ3) is 6.12. The highest BCUT2D eigenvalue weighted by molar-refractivity contribution is 7.91. The smallest absolute Gasteiger partial charge is 0.222 e. The zero-order valence-electron chi connectivity index (χ0n) is 16.3. The summed E-state index contributed by atoms with van der Waals surface area (Å²) in [4.78, 5) is 18.7. The first-order chi connectivity index (χ1) is 12.2. The molecule has 0 aromatic carbocycles. The second kappa shape index (κ2) is 9.03. The molecule has 8 nitrogen and oxygen atoms in total. The summed E-state index contributed by atoms with van der Waals surface area (Å²) in [7, 11) is -1.25. The zero-order chi connectivity index (χ0) is 19.3. The van der Waals surface area contributed by atoms with Gasteiger partial charge in [-0.2, -0.15) is 0 Å². The molecule has 0 saturated carbocycles. The summed E-state index contributed by atoms with van der Waals surface area (Å²) in [5.74, 6) is 1.32. The third-order valence-corrected chi connectivity index (χ3v) is 6.93. The van der Waals surface area contributed by atoms with Gasteiger partial charge in [-0.1, -0.05) is 6.92 Å². The third-order valence-electron chi connectivity index (χ3n) is 5.16. The van der Waals surface area contributed by atoms with E-state index in [0.717, 1.165) is 13.1 Å². The van der Waals surface area contributed by atoms with Crippen molar-refractivity contribution >= 4 is 21.7 Å². The minimum absolute atomic E-state index is 0.0569. The van der Waals surface area contributed by atoms with Gasteiger partial charge in [0.05, 0.1) is 11.5 Å². The van der Waals surface area contributed by atoms with Crippen LogP contribution < -0.4 is 16.0 Å². The van der Waals surface area contributed by atoms with Gasteiger partial charge in [0.15, 0.2) is 15.8 Å². The van der Waals surface area contributed by atoms with Crippen LogP contribution in [-0.4, -0.2) is 81.5 Å². The van der Waals surface area contributed by atoms with Crippen molar-refractivity contribution in [3.05, 3.63) is 0 Å². The summed E-state index contributed by atoms with van der Waals surface area (Å²) in [6.07, 6.45) is 0.798. The van der Waals surface area contributed by atoms with E-state index in [4.69, 9.17) is 0 Å². The van der Waals surface area contributed by atoms with Crippen LogP contribution >= 0.6 is 0 Å². The predicted molar refractivity (Wildman–Crippen MR) is 104 cm³/mol. The number of carbonyl (C=O) groups excluding carboxylic acids is 1. The topological polar surface area (TPSA) is 103 Å². The molecule has 150 valence electrons. The lowest BCUT2D eigenvalue weighted by atomic mass is 10.1. The summed E-state index contributed by atoms with van der Waals surface area (Å²) < 4.78 is 22.9. The van der Waals surface area contributed by atoms with Gasteiger partial charge in [-0.3, -0.25) is 14.7 Å². The Bertz CT molecular complexity index is 620. The summed E-state index contributed by atoms with van der Waals surface area (Å²) in [5, 5.41) is 9.42. The van der Waals surface area contributed by atoms with Crippen LogP contribution in [0.3, 0.4) is 0 Å². The molecule has 0 aromatic rings. The lowest BCUT2D eigenvalue weighted by Gasteiger charge is -2.22. The molecule has 3 unspecified atom stereocenters. The Hall–Kier alpha value is -1.35. The highest BCUT2D eigenvalue weighted by atomic mass is 32.2. The number of carbonyl (C=O) groups is 1. The van der Waals surface area contributed by atoms with Gasteiger partial charge in [0.25, 0.3) is 0 Å². The van der Waals surface area contributed by atoms with Gasteiger partial charge in [0.1, 0.15) is 0 Å². The molecule has 2 rings (SSSR count). The van der Waals surface area contributed by atoms with Crippen molar-refractivity contribution in [1.29, 1.82) is 0 Å². The maximum absolute atomic E-state index is 12.0. The number of guanidine groups is 1. The quantitative estimate of drug-likeness (QED) is 0.422. The number of hydrogen-bond acceptors (Lipinski definition) is 5. The van der Waals surface area contributed by atoms with E-state index < -0.39 is 9.84 Å². The first-order valence-corrected chi connectivity index (χ1v) is 11.2. The fourth-order valence-corrected chi connectivity index (χ4v) is 5.16. The predicted octanol–water partition coefficient (Wildman–Crippen LogP) is -0.426. The summed E-state index contributed by atoms with van der Waals surface area (Å²) in [6, 6.07) is 0.620. The van der Waals surface area contributed by atoms with Crippen molar-refractivity contribution in [3.8, 4) is 0 Å². The molecule has 3 atom stereocenters. The van der Waals surface area contributed by atoms with Gasteiger partial charge in [-0.15, -0.1) is 0 Å². The maximum atomic E-state index is 12.0. The Morgan fingerprint density at radius 3 is 2.54 bits per heavy atom. The summed E-state index contributed by atoms with van der Waals surface area (Å²) in [5.41, 5.74) is 0. The maximum Gasteiger partial charge on any atom is 0.222 e.